The molecule has 0 bridgehead atoms. The molecule has 0 atom stereocenters. The maximum atomic E-state index is 12.0. The Morgan fingerprint density at radius 3 is 3.00 bits per heavy atom. The van der Waals surface area contributed by atoms with Crippen LogP contribution >= 0.6 is 0 Å². The first-order valence-corrected chi connectivity index (χ1v) is 7.48. The Bertz CT molecular complexity index is 497. The van der Waals surface area contributed by atoms with Gasteiger partial charge in [-0.1, -0.05) is 19.4 Å². The summed E-state index contributed by atoms with van der Waals surface area (Å²) in [7, 11) is -3.34. The van der Waals surface area contributed by atoms with Crippen molar-refractivity contribution in [3.63, 3.8) is 0 Å². The number of rotatable bonds is 5. The van der Waals surface area contributed by atoms with E-state index in [1.807, 2.05) is 13.0 Å². The average molecular weight is 254 g/mol. The summed E-state index contributed by atoms with van der Waals surface area (Å²) in [5.74, 6) is 0. The highest BCUT2D eigenvalue weighted by molar-refractivity contribution is 7.89. The molecule has 4 nitrogen and oxygen atoms in total. The molecule has 0 amide bonds. The molecule has 0 spiro atoms. The van der Waals surface area contributed by atoms with Gasteiger partial charge < -0.3 is 5.32 Å². The van der Waals surface area contributed by atoms with Gasteiger partial charge in [0.05, 0.1) is 4.90 Å². The van der Waals surface area contributed by atoms with Gasteiger partial charge in [0.15, 0.2) is 0 Å². The van der Waals surface area contributed by atoms with Crippen molar-refractivity contribution in [1.29, 1.82) is 0 Å². The zero-order chi connectivity index (χ0) is 12.3. The molecule has 2 N–H and O–H groups in total. The normalized spacial score (nSPS) is 14.4. The number of benzene rings is 1. The number of hydrogen-bond donors (Lipinski definition) is 2. The third-order valence-corrected chi connectivity index (χ3v) is 4.38. The number of sulfonamides is 1. The van der Waals surface area contributed by atoms with Gasteiger partial charge in [0.1, 0.15) is 0 Å². The Morgan fingerprint density at radius 1 is 1.41 bits per heavy atom. The Kier molecular flexibility index (Phi) is 3.69. The maximum absolute atomic E-state index is 12.0. The van der Waals surface area contributed by atoms with E-state index in [1.165, 1.54) is 5.56 Å². The molecule has 0 aromatic heterocycles. The first-order valence-electron chi connectivity index (χ1n) is 6.00. The minimum Gasteiger partial charge on any atom is -0.384 e. The molecule has 0 unspecified atom stereocenters. The Hall–Kier alpha value is -1.07. The first kappa shape index (κ1) is 12.4. The molecule has 1 heterocycles. The molecule has 5 heteroatoms. The van der Waals surface area contributed by atoms with Crippen molar-refractivity contribution in [2.45, 2.75) is 31.1 Å². The zero-order valence-electron chi connectivity index (χ0n) is 9.99. The van der Waals surface area contributed by atoms with Crippen molar-refractivity contribution in [3.05, 3.63) is 23.8 Å². The number of nitrogens with one attached hydrogen (secondary N) is 2. The van der Waals surface area contributed by atoms with Crippen molar-refractivity contribution in [1.82, 2.24) is 4.72 Å². The third kappa shape index (κ3) is 2.79. The smallest absolute Gasteiger partial charge is 0.240 e. The zero-order valence-corrected chi connectivity index (χ0v) is 10.8. The minimum absolute atomic E-state index is 0.349. The van der Waals surface area contributed by atoms with Gasteiger partial charge in [0, 0.05) is 18.8 Å². The molecule has 1 aliphatic rings. The van der Waals surface area contributed by atoms with Crippen LogP contribution in [0.5, 0.6) is 0 Å². The summed E-state index contributed by atoms with van der Waals surface area (Å²) in [4.78, 5) is 0.349. The van der Waals surface area contributed by atoms with E-state index in [1.54, 1.807) is 12.1 Å². The van der Waals surface area contributed by atoms with Crippen molar-refractivity contribution in [2.75, 3.05) is 18.4 Å². The van der Waals surface area contributed by atoms with Gasteiger partial charge in [-0.2, -0.15) is 0 Å². The summed E-state index contributed by atoms with van der Waals surface area (Å²) < 4.78 is 26.5. The van der Waals surface area contributed by atoms with E-state index >= 15 is 0 Å². The van der Waals surface area contributed by atoms with Crippen LogP contribution in [0, 0.1) is 0 Å². The molecule has 17 heavy (non-hydrogen) atoms. The summed E-state index contributed by atoms with van der Waals surface area (Å²) in [5, 5.41) is 3.19. The highest BCUT2D eigenvalue weighted by Gasteiger charge is 2.17. The maximum Gasteiger partial charge on any atom is 0.240 e. The molecular formula is C12H18N2O2S. The Labute approximate surface area is 102 Å². The van der Waals surface area contributed by atoms with Gasteiger partial charge in [-0.25, -0.2) is 13.1 Å². The second-order valence-corrected chi connectivity index (χ2v) is 6.01. The molecule has 1 aromatic rings. The van der Waals surface area contributed by atoms with Crippen LogP contribution in [0.15, 0.2) is 23.1 Å². The van der Waals surface area contributed by atoms with Crippen LogP contribution in [0.2, 0.25) is 0 Å². The van der Waals surface area contributed by atoms with Crippen LogP contribution in [0.25, 0.3) is 0 Å². The van der Waals surface area contributed by atoms with E-state index in [0.717, 1.165) is 31.5 Å². The summed E-state index contributed by atoms with van der Waals surface area (Å²) >= 11 is 0. The van der Waals surface area contributed by atoms with Crippen LogP contribution in [0.3, 0.4) is 0 Å². The lowest BCUT2D eigenvalue weighted by Crippen LogP contribution is -2.24. The summed E-state index contributed by atoms with van der Waals surface area (Å²) in [5.41, 5.74) is 2.14. The van der Waals surface area contributed by atoms with E-state index in [0.29, 0.717) is 11.4 Å². The molecule has 1 aliphatic heterocycles. The molecule has 2 rings (SSSR count). The molecule has 0 radical (unpaired) electrons. The van der Waals surface area contributed by atoms with E-state index in [4.69, 9.17) is 0 Å². The summed E-state index contributed by atoms with van der Waals surface area (Å²) in [6.45, 7) is 3.43. The van der Waals surface area contributed by atoms with E-state index in [-0.39, 0.29) is 0 Å². The topological polar surface area (TPSA) is 58.2 Å². The van der Waals surface area contributed by atoms with Gasteiger partial charge >= 0.3 is 0 Å². The van der Waals surface area contributed by atoms with Gasteiger partial charge in [-0.15, -0.1) is 0 Å². The molecular weight excluding hydrogens is 236 g/mol. The number of hydrogen-bond acceptors (Lipinski definition) is 3. The van der Waals surface area contributed by atoms with Crippen molar-refractivity contribution in [2.24, 2.45) is 0 Å². The second-order valence-electron chi connectivity index (χ2n) is 4.25. The lowest BCUT2D eigenvalue weighted by Gasteiger charge is -2.08. The summed E-state index contributed by atoms with van der Waals surface area (Å²) in [6, 6.07) is 5.29. The highest BCUT2D eigenvalue weighted by atomic mass is 32.2. The SMILES string of the molecule is CCCCNS(=O)(=O)c1ccc2c(c1)NCC2. The predicted octanol–water partition coefficient (Wildman–Crippen LogP) is 1.73. The molecule has 0 aliphatic carbocycles. The minimum atomic E-state index is -3.34. The van der Waals surface area contributed by atoms with Crippen LogP contribution < -0.4 is 10.0 Å². The third-order valence-electron chi connectivity index (χ3n) is 2.92. The lowest BCUT2D eigenvalue weighted by molar-refractivity contribution is 0.578. The predicted molar refractivity (Wildman–Crippen MR) is 68.7 cm³/mol. The van der Waals surface area contributed by atoms with Crippen molar-refractivity contribution >= 4 is 15.7 Å². The quantitative estimate of drug-likeness (QED) is 0.787. The van der Waals surface area contributed by atoms with Crippen LogP contribution in [-0.4, -0.2) is 21.5 Å². The monoisotopic (exact) mass is 254 g/mol. The van der Waals surface area contributed by atoms with Gasteiger partial charge in [0.25, 0.3) is 0 Å². The Balaban J connectivity index is 2.16. The second kappa shape index (κ2) is 5.06. The fraction of sp³-hybridized carbons (Fsp3) is 0.500. The number of fused-ring (bicyclic) bond motifs is 1. The van der Waals surface area contributed by atoms with Gasteiger partial charge in [0.2, 0.25) is 10.0 Å². The molecule has 94 valence electrons. The number of unbranched alkanes of at least 4 members (excludes halogenated alkanes) is 1. The average Bonchev–Trinajstić information content (AvgIpc) is 2.76. The number of anilines is 1. The lowest BCUT2D eigenvalue weighted by atomic mass is 10.2. The van der Waals surface area contributed by atoms with Gasteiger partial charge in [-0.3, -0.25) is 0 Å². The first-order chi connectivity index (χ1) is 8.13. The standard InChI is InChI=1S/C12H18N2O2S/c1-2-3-7-14-17(15,16)11-5-4-10-6-8-13-12(10)9-11/h4-5,9,13-14H,2-3,6-8H2,1H3. The Morgan fingerprint density at radius 2 is 2.24 bits per heavy atom. The highest BCUT2D eigenvalue weighted by Crippen LogP contribution is 2.25. The van der Waals surface area contributed by atoms with Crippen molar-refractivity contribution < 1.29 is 8.42 Å². The molecule has 1 aromatic carbocycles. The fourth-order valence-corrected chi connectivity index (χ4v) is 3.00. The largest absolute Gasteiger partial charge is 0.384 e. The molecule has 0 saturated heterocycles. The van der Waals surface area contributed by atoms with Crippen LogP contribution in [-0.2, 0) is 16.4 Å². The van der Waals surface area contributed by atoms with Crippen LogP contribution in [0.4, 0.5) is 5.69 Å². The summed E-state index contributed by atoms with van der Waals surface area (Å²) in [6.07, 6.45) is 2.82. The fourth-order valence-electron chi connectivity index (χ4n) is 1.90. The molecule has 0 fully saturated rings. The van der Waals surface area contributed by atoms with Crippen LogP contribution in [0.1, 0.15) is 25.3 Å². The van der Waals surface area contributed by atoms with E-state index < -0.39 is 10.0 Å². The van der Waals surface area contributed by atoms with Crippen molar-refractivity contribution in [3.8, 4) is 0 Å². The van der Waals surface area contributed by atoms with E-state index in [9.17, 15) is 8.42 Å². The molecule has 0 saturated carbocycles. The van der Waals surface area contributed by atoms with E-state index in [2.05, 4.69) is 10.0 Å². The van der Waals surface area contributed by atoms with Gasteiger partial charge in [-0.05, 0) is 30.5 Å².